The third kappa shape index (κ3) is 3.51. The van der Waals surface area contributed by atoms with Crippen LogP contribution in [0.3, 0.4) is 0 Å². The molecule has 1 saturated heterocycles. The van der Waals surface area contributed by atoms with Gasteiger partial charge in [0.1, 0.15) is 12.4 Å². The van der Waals surface area contributed by atoms with Crippen LogP contribution in [0.15, 0.2) is 42.5 Å². The van der Waals surface area contributed by atoms with Crippen molar-refractivity contribution in [2.24, 2.45) is 0 Å². The van der Waals surface area contributed by atoms with Crippen molar-refractivity contribution in [1.29, 1.82) is 0 Å². The first kappa shape index (κ1) is 19.3. The predicted octanol–water partition coefficient (Wildman–Crippen LogP) is 2.40. The molecule has 1 amide bonds. The van der Waals surface area contributed by atoms with E-state index in [0.717, 1.165) is 48.3 Å². The lowest BCUT2D eigenvalue weighted by Crippen LogP contribution is -2.46. The van der Waals surface area contributed by atoms with Crippen LogP contribution in [-0.2, 0) is 22.6 Å². The Labute approximate surface area is 175 Å². The van der Waals surface area contributed by atoms with E-state index in [1.165, 1.54) is 5.56 Å². The Balaban J connectivity index is 1.29. The lowest BCUT2D eigenvalue weighted by Gasteiger charge is -2.33. The van der Waals surface area contributed by atoms with E-state index in [2.05, 4.69) is 28.4 Å². The van der Waals surface area contributed by atoms with Crippen LogP contribution in [0.2, 0.25) is 0 Å². The van der Waals surface area contributed by atoms with Crippen molar-refractivity contribution in [2.75, 3.05) is 25.0 Å². The highest BCUT2D eigenvalue weighted by molar-refractivity contribution is 6.36. The number of nitrogens with zero attached hydrogens (tertiary/aromatic N) is 1. The number of rotatable bonds is 4. The first-order chi connectivity index (χ1) is 14.6. The maximum Gasteiger partial charge on any atom is 0.260 e. The van der Waals surface area contributed by atoms with Gasteiger partial charge in [-0.15, -0.1) is 0 Å². The minimum absolute atomic E-state index is 0.114. The largest absolute Gasteiger partial charge is 0.487 e. The van der Waals surface area contributed by atoms with Crippen LogP contribution in [0.5, 0.6) is 0 Å². The van der Waals surface area contributed by atoms with Crippen molar-refractivity contribution < 1.29 is 19.7 Å². The average molecular weight is 406 g/mol. The zero-order valence-corrected chi connectivity index (χ0v) is 16.8. The number of para-hydroxylation sites is 1. The van der Waals surface area contributed by atoms with Crippen molar-refractivity contribution in [3.8, 4) is 0 Å². The maximum absolute atomic E-state index is 12.5. The van der Waals surface area contributed by atoms with Gasteiger partial charge in [0.05, 0.1) is 17.8 Å². The van der Waals surface area contributed by atoms with Gasteiger partial charge in [0, 0.05) is 35.5 Å². The Hall–Kier alpha value is -2.67. The summed E-state index contributed by atoms with van der Waals surface area (Å²) in [5.74, 6) is 0.553. The molecule has 3 aliphatic rings. The normalized spacial score (nSPS) is 25.6. The molecule has 2 atom stereocenters. The van der Waals surface area contributed by atoms with Crippen molar-refractivity contribution in [1.82, 2.24) is 4.90 Å². The number of ether oxygens (including phenoxy) is 1. The SMILES string of the molecule is O=C1Nc2ccccc2C1=C1OCc2cc(CCCN3CCC(O)C(O)C3)ccc21. The molecule has 6 heteroatoms. The predicted molar refractivity (Wildman–Crippen MR) is 115 cm³/mol. The van der Waals surface area contributed by atoms with Crippen LogP contribution in [-0.4, -0.2) is 52.9 Å². The number of piperidine rings is 1. The number of anilines is 1. The van der Waals surface area contributed by atoms with Gasteiger partial charge < -0.3 is 25.2 Å². The van der Waals surface area contributed by atoms with Gasteiger partial charge in [0.15, 0.2) is 0 Å². The van der Waals surface area contributed by atoms with Gasteiger partial charge in [0.25, 0.3) is 5.91 Å². The highest BCUT2D eigenvalue weighted by Gasteiger charge is 2.32. The van der Waals surface area contributed by atoms with Gasteiger partial charge in [-0.2, -0.15) is 0 Å². The number of likely N-dealkylation sites (tertiary alicyclic amines) is 1. The zero-order valence-electron chi connectivity index (χ0n) is 16.8. The number of aryl methyl sites for hydroxylation is 1. The topological polar surface area (TPSA) is 82.0 Å². The number of aliphatic hydroxyl groups excluding tert-OH is 2. The number of fused-ring (bicyclic) bond motifs is 2. The number of aliphatic hydroxyl groups is 2. The van der Waals surface area contributed by atoms with Crippen LogP contribution < -0.4 is 5.32 Å². The Morgan fingerprint density at radius 2 is 1.97 bits per heavy atom. The molecule has 1 fully saturated rings. The monoisotopic (exact) mass is 406 g/mol. The summed E-state index contributed by atoms with van der Waals surface area (Å²) < 4.78 is 5.97. The maximum atomic E-state index is 12.5. The number of amides is 1. The number of carbonyl (C=O) groups is 1. The molecule has 156 valence electrons. The average Bonchev–Trinajstić information content (AvgIpc) is 3.29. The van der Waals surface area contributed by atoms with Crippen LogP contribution in [0, 0.1) is 0 Å². The van der Waals surface area contributed by atoms with Gasteiger partial charge >= 0.3 is 0 Å². The number of hydrogen-bond donors (Lipinski definition) is 3. The van der Waals surface area contributed by atoms with E-state index in [1.54, 1.807) is 0 Å². The molecule has 0 aliphatic carbocycles. The second-order valence-corrected chi connectivity index (χ2v) is 8.31. The van der Waals surface area contributed by atoms with Crippen molar-refractivity contribution in [3.63, 3.8) is 0 Å². The summed E-state index contributed by atoms with van der Waals surface area (Å²) in [7, 11) is 0. The lowest BCUT2D eigenvalue weighted by atomic mass is 9.98. The van der Waals surface area contributed by atoms with E-state index in [0.29, 0.717) is 30.9 Å². The Bertz CT molecular complexity index is 1020. The number of benzene rings is 2. The number of carbonyl (C=O) groups excluding carboxylic acids is 1. The first-order valence-corrected chi connectivity index (χ1v) is 10.6. The molecule has 5 rings (SSSR count). The Morgan fingerprint density at radius 3 is 2.83 bits per heavy atom. The van der Waals surface area contributed by atoms with Gasteiger partial charge in [-0.1, -0.05) is 36.4 Å². The molecule has 2 aromatic carbocycles. The highest BCUT2D eigenvalue weighted by atomic mass is 16.5. The molecule has 2 aromatic rings. The molecule has 3 aliphatic heterocycles. The molecule has 30 heavy (non-hydrogen) atoms. The molecule has 0 saturated carbocycles. The second-order valence-electron chi connectivity index (χ2n) is 8.31. The molecular formula is C24H26N2O4. The van der Waals surface area contributed by atoms with Crippen molar-refractivity contribution >= 4 is 22.9 Å². The number of β-amino-alcohol motifs (C(OH)–C–C–N with tert-alkyl or cyclic N) is 1. The van der Waals surface area contributed by atoms with Crippen LogP contribution >= 0.6 is 0 Å². The quantitative estimate of drug-likeness (QED) is 0.680. The molecule has 0 bridgehead atoms. The fourth-order valence-electron chi connectivity index (χ4n) is 4.62. The molecule has 6 nitrogen and oxygen atoms in total. The standard InChI is InChI=1S/C24H26N2O4/c27-20-9-11-26(13-21(20)28)10-3-4-15-7-8-17-16(12-15)14-30-23(17)22-18-5-1-2-6-19(18)25-24(22)29/h1-2,5-8,12,20-21,27-28H,3-4,9-11,13-14H2,(H,25,29). The van der Waals surface area contributed by atoms with Gasteiger partial charge in [0.2, 0.25) is 0 Å². The molecule has 3 N–H and O–H groups in total. The summed E-state index contributed by atoms with van der Waals surface area (Å²) in [4.78, 5) is 14.8. The van der Waals surface area contributed by atoms with Crippen LogP contribution in [0.25, 0.3) is 11.3 Å². The summed E-state index contributed by atoms with van der Waals surface area (Å²) in [5, 5.41) is 22.4. The lowest BCUT2D eigenvalue weighted by molar-refractivity contribution is -0.110. The summed E-state index contributed by atoms with van der Waals surface area (Å²) in [6, 6.07) is 14.0. The third-order valence-corrected chi connectivity index (χ3v) is 6.26. The molecule has 0 spiro atoms. The van der Waals surface area contributed by atoms with Crippen LogP contribution in [0.4, 0.5) is 5.69 Å². The zero-order chi connectivity index (χ0) is 20.7. The summed E-state index contributed by atoms with van der Waals surface area (Å²) in [6.45, 7) is 2.76. The second kappa shape index (κ2) is 7.87. The minimum atomic E-state index is -0.639. The molecule has 0 aromatic heterocycles. The van der Waals surface area contributed by atoms with Crippen molar-refractivity contribution in [2.45, 2.75) is 38.1 Å². The Kier molecular flexibility index (Phi) is 5.06. The van der Waals surface area contributed by atoms with E-state index < -0.39 is 12.2 Å². The molecular weight excluding hydrogens is 380 g/mol. The fraction of sp³-hybridized carbons (Fsp3) is 0.375. The van der Waals surface area contributed by atoms with E-state index in [-0.39, 0.29) is 5.91 Å². The number of nitrogens with one attached hydrogen (secondary N) is 1. The van der Waals surface area contributed by atoms with E-state index in [1.807, 2.05) is 24.3 Å². The van der Waals surface area contributed by atoms with E-state index >= 15 is 0 Å². The fourth-order valence-corrected chi connectivity index (χ4v) is 4.62. The smallest absolute Gasteiger partial charge is 0.260 e. The van der Waals surface area contributed by atoms with Gasteiger partial charge in [-0.25, -0.2) is 0 Å². The van der Waals surface area contributed by atoms with E-state index in [9.17, 15) is 15.0 Å². The minimum Gasteiger partial charge on any atom is -0.487 e. The molecule has 0 radical (unpaired) electrons. The first-order valence-electron chi connectivity index (χ1n) is 10.6. The Morgan fingerprint density at radius 1 is 1.10 bits per heavy atom. The highest BCUT2D eigenvalue weighted by Crippen LogP contribution is 2.41. The molecule has 2 unspecified atom stereocenters. The number of hydrogen-bond acceptors (Lipinski definition) is 5. The molecule has 3 heterocycles. The van der Waals surface area contributed by atoms with Gasteiger partial charge in [-0.05, 0) is 37.4 Å². The summed E-state index contributed by atoms with van der Waals surface area (Å²) >= 11 is 0. The van der Waals surface area contributed by atoms with Gasteiger partial charge in [-0.3, -0.25) is 4.79 Å². The van der Waals surface area contributed by atoms with E-state index in [4.69, 9.17) is 4.74 Å². The summed E-state index contributed by atoms with van der Waals surface area (Å²) in [6.07, 6.45) is 1.34. The summed E-state index contributed by atoms with van der Waals surface area (Å²) in [5.41, 5.74) is 5.69. The van der Waals surface area contributed by atoms with Crippen molar-refractivity contribution in [3.05, 3.63) is 64.7 Å². The third-order valence-electron chi connectivity index (χ3n) is 6.26. The van der Waals surface area contributed by atoms with Crippen LogP contribution in [0.1, 0.15) is 35.1 Å².